The molecule has 15 heavy (non-hydrogen) atoms. The highest BCUT2D eigenvalue weighted by Crippen LogP contribution is 2.23. The standard InChI is InChI=1S/C9H9BrF2N2O/c1-13-9(15)4-14-8-2-5(10)6(11)3-7(8)12/h2-3,14H,4H2,1H3,(H,13,15). The Balaban J connectivity index is 2.77. The molecule has 0 radical (unpaired) electrons. The molecule has 0 spiro atoms. The molecule has 0 aliphatic rings. The number of hydrogen-bond donors (Lipinski definition) is 2. The second kappa shape index (κ2) is 5.06. The molecular weight excluding hydrogens is 270 g/mol. The van der Waals surface area contributed by atoms with E-state index in [1.165, 1.54) is 13.1 Å². The first-order chi connectivity index (χ1) is 7.04. The average Bonchev–Trinajstić information content (AvgIpc) is 2.21. The van der Waals surface area contributed by atoms with E-state index in [0.717, 1.165) is 6.07 Å². The lowest BCUT2D eigenvalue weighted by Crippen LogP contribution is -2.26. The van der Waals surface area contributed by atoms with Gasteiger partial charge in [-0.05, 0) is 22.0 Å². The number of rotatable bonds is 3. The molecule has 1 aromatic rings. The maximum Gasteiger partial charge on any atom is 0.239 e. The smallest absolute Gasteiger partial charge is 0.239 e. The second-order valence-corrected chi connectivity index (χ2v) is 3.63. The maximum atomic E-state index is 13.1. The molecule has 0 aromatic heterocycles. The normalized spacial score (nSPS) is 9.87. The Bertz CT molecular complexity index is 385. The number of likely N-dealkylation sites (N-methyl/N-ethyl adjacent to an activating group) is 1. The fraction of sp³-hybridized carbons (Fsp3) is 0.222. The Morgan fingerprint density at radius 2 is 2.07 bits per heavy atom. The van der Waals surface area contributed by atoms with Crippen molar-refractivity contribution >= 4 is 27.5 Å². The molecule has 0 atom stereocenters. The molecule has 2 N–H and O–H groups in total. The monoisotopic (exact) mass is 278 g/mol. The van der Waals surface area contributed by atoms with Crippen LogP contribution in [-0.4, -0.2) is 19.5 Å². The van der Waals surface area contributed by atoms with E-state index in [1.54, 1.807) is 0 Å². The molecule has 0 aliphatic heterocycles. The van der Waals surface area contributed by atoms with Gasteiger partial charge in [0.25, 0.3) is 0 Å². The summed E-state index contributed by atoms with van der Waals surface area (Å²) in [5.41, 5.74) is 0.0758. The van der Waals surface area contributed by atoms with Crippen LogP contribution in [0.1, 0.15) is 0 Å². The van der Waals surface area contributed by atoms with Gasteiger partial charge >= 0.3 is 0 Å². The van der Waals surface area contributed by atoms with E-state index in [-0.39, 0.29) is 22.6 Å². The second-order valence-electron chi connectivity index (χ2n) is 2.77. The largest absolute Gasteiger partial charge is 0.374 e. The third-order valence-electron chi connectivity index (χ3n) is 1.73. The minimum absolute atomic E-state index is 0.0640. The highest BCUT2D eigenvalue weighted by molar-refractivity contribution is 9.10. The van der Waals surface area contributed by atoms with E-state index in [0.29, 0.717) is 0 Å². The number of carbonyl (C=O) groups excluding carboxylic acids is 1. The van der Waals surface area contributed by atoms with Crippen molar-refractivity contribution in [2.45, 2.75) is 0 Å². The molecule has 3 nitrogen and oxygen atoms in total. The van der Waals surface area contributed by atoms with Gasteiger partial charge in [0.05, 0.1) is 16.7 Å². The summed E-state index contributed by atoms with van der Waals surface area (Å²) in [6.45, 7) is -0.0640. The van der Waals surface area contributed by atoms with Gasteiger partial charge in [-0.3, -0.25) is 4.79 Å². The molecule has 0 bridgehead atoms. The van der Waals surface area contributed by atoms with E-state index in [9.17, 15) is 13.6 Å². The number of nitrogens with one attached hydrogen (secondary N) is 2. The predicted molar refractivity (Wildman–Crippen MR) is 56.6 cm³/mol. The Morgan fingerprint density at radius 1 is 1.40 bits per heavy atom. The molecule has 0 unspecified atom stereocenters. The highest BCUT2D eigenvalue weighted by atomic mass is 79.9. The van der Waals surface area contributed by atoms with Crippen LogP contribution < -0.4 is 10.6 Å². The lowest BCUT2D eigenvalue weighted by molar-refractivity contribution is -0.118. The van der Waals surface area contributed by atoms with E-state index in [2.05, 4.69) is 26.6 Å². The van der Waals surface area contributed by atoms with Gasteiger partial charge in [0, 0.05) is 13.1 Å². The van der Waals surface area contributed by atoms with Crippen molar-refractivity contribution in [3.05, 3.63) is 28.2 Å². The first-order valence-electron chi connectivity index (χ1n) is 4.13. The lowest BCUT2D eigenvalue weighted by atomic mass is 10.3. The molecular formula is C9H9BrF2N2O. The Kier molecular flexibility index (Phi) is 4.02. The minimum atomic E-state index is -0.736. The first-order valence-corrected chi connectivity index (χ1v) is 4.93. The summed E-state index contributed by atoms with van der Waals surface area (Å²) in [4.78, 5) is 10.9. The number of carbonyl (C=O) groups is 1. The van der Waals surface area contributed by atoms with Crippen LogP contribution in [0, 0.1) is 11.6 Å². The highest BCUT2D eigenvalue weighted by Gasteiger charge is 2.08. The number of hydrogen-bond acceptors (Lipinski definition) is 2. The van der Waals surface area contributed by atoms with Crippen LogP contribution in [-0.2, 0) is 4.79 Å². The summed E-state index contributed by atoms with van der Waals surface area (Å²) < 4.78 is 26.1. The van der Waals surface area contributed by atoms with Crippen LogP contribution in [0.5, 0.6) is 0 Å². The van der Waals surface area contributed by atoms with E-state index in [1.807, 2.05) is 0 Å². The zero-order chi connectivity index (χ0) is 11.4. The van der Waals surface area contributed by atoms with E-state index in [4.69, 9.17) is 0 Å². The minimum Gasteiger partial charge on any atom is -0.374 e. The molecule has 1 amide bonds. The quantitative estimate of drug-likeness (QED) is 0.829. The van der Waals surface area contributed by atoms with Crippen LogP contribution in [0.4, 0.5) is 14.5 Å². The van der Waals surface area contributed by atoms with Crippen molar-refractivity contribution in [3.8, 4) is 0 Å². The summed E-state index contributed by atoms with van der Waals surface area (Å²) in [6, 6.07) is 1.99. The van der Waals surface area contributed by atoms with E-state index < -0.39 is 11.6 Å². The number of amides is 1. The molecule has 1 rings (SSSR count). The van der Waals surface area contributed by atoms with Crippen molar-refractivity contribution in [3.63, 3.8) is 0 Å². The van der Waals surface area contributed by atoms with Crippen molar-refractivity contribution in [1.82, 2.24) is 5.32 Å². The van der Waals surface area contributed by atoms with Gasteiger partial charge in [0.15, 0.2) is 0 Å². The van der Waals surface area contributed by atoms with Crippen LogP contribution >= 0.6 is 15.9 Å². The van der Waals surface area contributed by atoms with Crippen LogP contribution in [0.3, 0.4) is 0 Å². The van der Waals surface area contributed by atoms with Crippen molar-refractivity contribution < 1.29 is 13.6 Å². The summed E-state index contributed by atoms with van der Waals surface area (Å²) >= 11 is 2.92. The lowest BCUT2D eigenvalue weighted by Gasteiger charge is -2.07. The first kappa shape index (κ1) is 11.9. The molecule has 0 aliphatic carbocycles. The van der Waals surface area contributed by atoms with Gasteiger partial charge in [-0.25, -0.2) is 8.78 Å². The molecule has 0 saturated heterocycles. The molecule has 0 heterocycles. The molecule has 82 valence electrons. The SMILES string of the molecule is CNC(=O)CNc1cc(Br)c(F)cc1F. The summed E-state index contributed by atoms with van der Waals surface area (Å²) in [6.07, 6.45) is 0. The van der Waals surface area contributed by atoms with Crippen LogP contribution in [0.25, 0.3) is 0 Å². The molecule has 0 fully saturated rings. The summed E-state index contributed by atoms with van der Waals surface area (Å²) in [5.74, 6) is -1.70. The number of benzene rings is 1. The van der Waals surface area contributed by atoms with Crippen molar-refractivity contribution in [2.24, 2.45) is 0 Å². The van der Waals surface area contributed by atoms with E-state index >= 15 is 0 Å². The number of halogens is 3. The zero-order valence-corrected chi connectivity index (χ0v) is 9.49. The average molecular weight is 279 g/mol. The fourth-order valence-electron chi connectivity index (χ4n) is 0.922. The van der Waals surface area contributed by atoms with Gasteiger partial charge in [-0.1, -0.05) is 0 Å². The molecule has 0 saturated carbocycles. The van der Waals surface area contributed by atoms with Gasteiger partial charge in [0.2, 0.25) is 5.91 Å². The van der Waals surface area contributed by atoms with Gasteiger partial charge in [-0.2, -0.15) is 0 Å². The molecule has 1 aromatic carbocycles. The Labute approximate surface area is 94.0 Å². The van der Waals surface area contributed by atoms with Gasteiger partial charge < -0.3 is 10.6 Å². The van der Waals surface area contributed by atoms with Crippen molar-refractivity contribution in [2.75, 3.05) is 18.9 Å². The third kappa shape index (κ3) is 3.16. The fourth-order valence-corrected chi connectivity index (χ4v) is 1.27. The van der Waals surface area contributed by atoms with Crippen LogP contribution in [0.15, 0.2) is 16.6 Å². The van der Waals surface area contributed by atoms with Gasteiger partial charge in [-0.15, -0.1) is 0 Å². The van der Waals surface area contributed by atoms with Crippen LogP contribution in [0.2, 0.25) is 0 Å². The zero-order valence-electron chi connectivity index (χ0n) is 7.90. The predicted octanol–water partition coefficient (Wildman–Crippen LogP) is 1.89. The van der Waals surface area contributed by atoms with Gasteiger partial charge in [0.1, 0.15) is 11.6 Å². The maximum absolute atomic E-state index is 13.1. The Hall–Kier alpha value is -1.17. The molecule has 6 heteroatoms. The van der Waals surface area contributed by atoms with Crippen molar-refractivity contribution in [1.29, 1.82) is 0 Å². The summed E-state index contributed by atoms with van der Waals surface area (Å²) in [5, 5.41) is 4.92. The summed E-state index contributed by atoms with van der Waals surface area (Å²) in [7, 11) is 1.47. The third-order valence-corrected chi connectivity index (χ3v) is 2.34. The Morgan fingerprint density at radius 3 is 2.67 bits per heavy atom. The number of anilines is 1. The topological polar surface area (TPSA) is 41.1 Å².